The molecule has 0 aliphatic carbocycles. The average molecular weight is 371 g/mol. The molecule has 0 aromatic heterocycles. The molecule has 0 spiro atoms. The van der Waals surface area contributed by atoms with E-state index in [0.717, 1.165) is 24.1 Å². The van der Waals surface area contributed by atoms with Gasteiger partial charge in [0.15, 0.2) is 6.61 Å². The van der Waals surface area contributed by atoms with Crippen LogP contribution in [-0.4, -0.2) is 55.8 Å². The highest BCUT2D eigenvalue weighted by atomic mass is 79.9. The van der Waals surface area contributed by atoms with Gasteiger partial charge in [-0.1, -0.05) is 15.9 Å². The maximum Gasteiger partial charge on any atom is 0.257 e. The lowest BCUT2D eigenvalue weighted by atomic mass is 10.2. The van der Waals surface area contributed by atoms with Gasteiger partial charge in [-0.2, -0.15) is 0 Å². The zero-order valence-electron chi connectivity index (χ0n) is 13.0. The van der Waals surface area contributed by atoms with E-state index in [1.54, 1.807) is 0 Å². The molecule has 1 aromatic rings. The molecule has 122 valence electrons. The Morgan fingerprint density at radius 1 is 1.32 bits per heavy atom. The van der Waals surface area contributed by atoms with Gasteiger partial charge in [-0.25, -0.2) is 0 Å². The number of nitrogens with zero attached hydrogens (tertiary/aromatic N) is 1. The summed E-state index contributed by atoms with van der Waals surface area (Å²) < 4.78 is 12.1. The first-order valence-electron chi connectivity index (χ1n) is 7.56. The van der Waals surface area contributed by atoms with Crippen molar-refractivity contribution in [2.45, 2.75) is 26.1 Å². The first kappa shape index (κ1) is 17.2. The van der Waals surface area contributed by atoms with E-state index in [4.69, 9.17) is 9.47 Å². The van der Waals surface area contributed by atoms with Crippen LogP contribution < -0.4 is 10.1 Å². The maximum atomic E-state index is 11.8. The van der Waals surface area contributed by atoms with Gasteiger partial charge in [-0.3, -0.25) is 9.69 Å². The quantitative estimate of drug-likeness (QED) is 0.832. The van der Waals surface area contributed by atoms with Crippen molar-refractivity contribution >= 4 is 21.8 Å². The molecular formula is C16H23BrN2O3. The third-order valence-electron chi connectivity index (χ3n) is 3.43. The van der Waals surface area contributed by atoms with E-state index in [2.05, 4.69) is 40.0 Å². The summed E-state index contributed by atoms with van der Waals surface area (Å²) in [7, 11) is 0. The molecule has 1 aliphatic heterocycles. The van der Waals surface area contributed by atoms with E-state index in [-0.39, 0.29) is 24.7 Å². The Balaban J connectivity index is 1.62. The summed E-state index contributed by atoms with van der Waals surface area (Å²) in [5.41, 5.74) is 0. The summed E-state index contributed by atoms with van der Waals surface area (Å²) in [6.07, 6.45) is 0.500. The zero-order chi connectivity index (χ0) is 15.9. The Bertz CT molecular complexity index is 471. The third kappa shape index (κ3) is 5.94. The van der Waals surface area contributed by atoms with Crippen molar-refractivity contribution in [3.63, 3.8) is 0 Å². The van der Waals surface area contributed by atoms with Crippen molar-refractivity contribution in [1.82, 2.24) is 10.2 Å². The number of hydrogen-bond donors (Lipinski definition) is 1. The van der Waals surface area contributed by atoms with Crippen LogP contribution in [0.2, 0.25) is 0 Å². The summed E-state index contributed by atoms with van der Waals surface area (Å²) in [4.78, 5) is 14.1. The van der Waals surface area contributed by atoms with E-state index in [9.17, 15) is 4.79 Å². The minimum atomic E-state index is -0.0997. The number of carbonyl (C=O) groups excluding carboxylic acids is 1. The molecule has 5 nitrogen and oxygen atoms in total. The molecule has 0 radical (unpaired) electrons. The van der Waals surface area contributed by atoms with Crippen LogP contribution in [0.3, 0.4) is 0 Å². The Morgan fingerprint density at radius 3 is 2.59 bits per heavy atom. The van der Waals surface area contributed by atoms with Crippen molar-refractivity contribution in [2.24, 2.45) is 0 Å². The largest absolute Gasteiger partial charge is 0.484 e. The van der Waals surface area contributed by atoms with Crippen molar-refractivity contribution < 1.29 is 14.3 Å². The summed E-state index contributed by atoms with van der Waals surface area (Å²) >= 11 is 3.36. The van der Waals surface area contributed by atoms with Crippen molar-refractivity contribution in [1.29, 1.82) is 0 Å². The summed E-state index contributed by atoms with van der Waals surface area (Å²) in [6, 6.07) is 7.42. The molecule has 2 rings (SSSR count). The number of ether oxygens (including phenoxy) is 2. The van der Waals surface area contributed by atoms with Crippen LogP contribution in [-0.2, 0) is 9.53 Å². The minimum Gasteiger partial charge on any atom is -0.484 e. The molecule has 22 heavy (non-hydrogen) atoms. The minimum absolute atomic E-state index is 0.0392. The molecule has 2 atom stereocenters. The summed E-state index contributed by atoms with van der Waals surface area (Å²) in [5.74, 6) is 0.589. The fraction of sp³-hybridized carbons (Fsp3) is 0.562. The fourth-order valence-electron chi connectivity index (χ4n) is 2.55. The molecular weight excluding hydrogens is 348 g/mol. The zero-order valence-corrected chi connectivity index (χ0v) is 14.6. The summed E-state index contributed by atoms with van der Waals surface area (Å²) in [6.45, 7) is 7.48. The molecule has 1 fully saturated rings. The second kappa shape index (κ2) is 8.50. The first-order valence-corrected chi connectivity index (χ1v) is 8.35. The van der Waals surface area contributed by atoms with Crippen LogP contribution >= 0.6 is 15.9 Å². The van der Waals surface area contributed by atoms with Gasteiger partial charge in [0.1, 0.15) is 5.75 Å². The molecule has 0 bridgehead atoms. The van der Waals surface area contributed by atoms with Gasteiger partial charge in [0.05, 0.1) is 12.2 Å². The van der Waals surface area contributed by atoms with E-state index in [0.29, 0.717) is 12.3 Å². The van der Waals surface area contributed by atoms with Crippen molar-refractivity contribution in [3.8, 4) is 5.75 Å². The number of morpholine rings is 1. The van der Waals surface area contributed by atoms with Crippen molar-refractivity contribution in [2.75, 3.05) is 32.8 Å². The highest BCUT2D eigenvalue weighted by Gasteiger charge is 2.21. The maximum absolute atomic E-state index is 11.8. The Hall–Kier alpha value is -1.11. The van der Waals surface area contributed by atoms with E-state index >= 15 is 0 Å². The van der Waals surface area contributed by atoms with E-state index in [1.807, 2.05) is 24.3 Å². The molecule has 1 heterocycles. The van der Waals surface area contributed by atoms with Gasteiger partial charge < -0.3 is 14.8 Å². The van der Waals surface area contributed by atoms with Gasteiger partial charge in [-0.05, 0) is 38.1 Å². The van der Waals surface area contributed by atoms with Crippen LogP contribution in [0.1, 0.15) is 13.8 Å². The van der Waals surface area contributed by atoms with E-state index in [1.165, 1.54) is 0 Å². The first-order chi connectivity index (χ1) is 10.5. The lowest BCUT2D eigenvalue weighted by Gasteiger charge is -2.35. The van der Waals surface area contributed by atoms with Crippen LogP contribution in [0.4, 0.5) is 0 Å². The molecule has 1 aliphatic rings. The SMILES string of the molecule is CC1CN(CCNC(=O)COc2ccc(Br)cc2)CC(C)O1. The van der Waals surface area contributed by atoms with Gasteiger partial charge >= 0.3 is 0 Å². The van der Waals surface area contributed by atoms with Crippen LogP contribution in [0.25, 0.3) is 0 Å². The second-order valence-electron chi connectivity index (χ2n) is 5.61. The number of benzene rings is 1. The van der Waals surface area contributed by atoms with Crippen LogP contribution in [0.15, 0.2) is 28.7 Å². The standard InChI is InChI=1S/C16H23BrN2O3/c1-12-9-19(10-13(2)22-12)8-7-18-16(20)11-21-15-5-3-14(17)4-6-15/h3-6,12-13H,7-11H2,1-2H3,(H,18,20). The number of amides is 1. The lowest BCUT2D eigenvalue weighted by Crippen LogP contribution is -2.48. The third-order valence-corrected chi connectivity index (χ3v) is 3.96. The predicted octanol–water partition coefficient (Wildman–Crippen LogP) is 2.05. The highest BCUT2D eigenvalue weighted by Crippen LogP contribution is 2.15. The van der Waals surface area contributed by atoms with E-state index < -0.39 is 0 Å². The fourth-order valence-corrected chi connectivity index (χ4v) is 2.82. The van der Waals surface area contributed by atoms with Gasteiger partial charge in [0, 0.05) is 30.7 Å². The molecule has 1 N–H and O–H groups in total. The smallest absolute Gasteiger partial charge is 0.257 e. The monoisotopic (exact) mass is 370 g/mol. The molecule has 0 saturated carbocycles. The topological polar surface area (TPSA) is 50.8 Å². The van der Waals surface area contributed by atoms with Gasteiger partial charge in [-0.15, -0.1) is 0 Å². The van der Waals surface area contributed by atoms with Gasteiger partial charge in [0.25, 0.3) is 5.91 Å². The number of halogens is 1. The van der Waals surface area contributed by atoms with Crippen LogP contribution in [0, 0.1) is 0 Å². The molecule has 1 saturated heterocycles. The Morgan fingerprint density at radius 2 is 1.95 bits per heavy atom. The second-order valence-corrected chi connectivity index (χ2v) is 6.53. The normalized spacial score (nSPS) is 22.3. The predicted molar refractivity (Wildman–Crippen MR) is 89.1 cm³/mol. The molecule has 2 unspecified atom stereocenters. The Kier molecular flexibility index (Phi) is 6.67. The molecule has 6 heteroatoms. The summed E-state index contributed by atoms with van der Waals surface area (Å²) in [5, 5.41) is 2.89. The number of rotatable bonds is 6. The van der Waals surface area contributed by atoms with Crippen LogP contribution in [0.5, 0.6) is 5.75 Å². The molecule has 1 amide bonds. The lowest BCUT2D eigenvalue weighted by molar-refractivity contribution is -0.123. The van der Waals surface area contributed by atoms with Gasteiger partial charge in [0.2, 0.25) is 0 Å². The number of carbonyl (C=O) groups is 1. The number of hydrogen-bond acceptors (Lipinski definition) is 4. The Labute approximate surface area is 140 Å². The molecule has 1 aromatic carbocycles. The highest BCUT2D eigenvalue weighted by molar-refractivity contribution is 9.10. The number of nitrogens with one attached hydrogen (secondary N) is 1. The van der Waals surface area contributed by atoms with Crippen molar-refractivity contribution in [3.05, 3.63) is 28.7 Å². The average Bonchev–Trinajstić information content (AvgIpc) is 2.46.